The van der Waals surface area contributed by atoms with Crippen LogP contribution in [0.1, 0.15) is 40.5 Å². The minimum Gasteiger partial charge on any atom is -0.397 e. The number of aliphatic hydroxyl groups excluding tert-OH is 1. The van der Waals surface area contributed by atoms with Gasteiger partial charge in [0.05, 0.1) is 0 Å². The summed E-state index contributed by atoms with van der Waals surface area (Å²) in [7, 11) is -6.28. The van der Waals surface area contributed by atoms with E-state index < -0.39 is 76.9 Å². The maximum atomic E-state index is 14.6. The van der Waals surface area contributed by atoms with Crippen molar-refractivity contribution in [2.24, 2.45) is 0 Å². The third-order valence-corrected chi connectivity index (χ3v) is 6.84. The zero-order valence-corrected chi connectivity index (χ0v) is 19.3. The van der Waals surface area contributed by atoms with Crippen molar-refractivity contribution in [3.8, 4) is 0 Å². The monoisotopic (exact) mass is 556 g/mol. The Morgan fingerprint density at radius 2 is 0.882 bits per heavy atom. The van der Waals surface area contributed by atoms with E-state index in [1.54, 1.807) is 6.92 Å². The van der Waals surface area contributed by atoms with E-state index in [1.807, 2.05) is 0 Å². The molecular weight excluding hydrogens is 531 g/mol. The van der Waals surface area contributed by atoms with E-state index >= 15 is 0 Å². The van der Waals surface area contributed by atoms with Gasteiger partial charge in [-0.05, 0) is 27.7 Å². The molecule has 0 aliphatic heterocycles. The van der Waals surface area contributed by atoms with Crippen LogP contribution in [0.25, 0.3) is 0 Å². The fraction of sp³-hybridized carbons (Fsp3) is 1.00. The number of halogens is 13. The molecule has 34 heavy (non-hydrogen) atoms. The van der Waals surface area contributed by atoms with Crippen LogP contribution in [0.5, 0.6) is 0 Å². The maximum absolute atomic E-state index is 14.6. The standard InChI is InChI=1S/C14H19F13O3Si.C2H6O/c1-4-28-31(29-5-2,30-6-3)14(26,27)13(24,25)12(22,23)11(20,21)9(15,16)7-8-10(17,18)19;1-2-3/h4-8H2,1-3H3;3H,2H2,1H3. The van der Waals surface area contributed by atoms with Gasteiger partial charge in [0.2, 0.25) is 0 Å². The second-order valence-electron chi connectivity index (χ2n) is 6.29. The highest BCUT2D eigenvalue weighted by atomic mass is 28.4. The number of alkyl halides is 13. The lowest BCUT2D eigenvalue weighted by atomic mass is 9.95. The van der Waals surface area contributed by atoms with Gasteiger partial charge in [-0.1, -0.05) is 0 Å². The van der Waals surface area contributed by atoms with Crippen LogP contribution in [0.2, 0.25) is 0 Å². The lowest BCUT2D eigenvalue weighted by Gasteiger charge is -2.43. The van der Waals surface area contributed by atoms with Crippen molar-refractivity contribution < 1.29 is 75.5 Å². The first-order valence-corrected chi connectivity index (χ1v) is 11.3. The quantitative estimate of drug-likeness (QED) is 0.220. The molecule has 0 aliphatic rings. The molecule has 0 aromatic heterocycles. The van der Waals surface area contributed by atoms with Crippen molar-refractivity contribution in [1.82, 2.24) is 0 Å². The van der Waals surface area contributed by atoms with Gasteiger partial charge in [-0.25, -0.2) is 0 Å². The summed E-state index contributed by atoms with van der Waals surface area (Å²) in [5.41, 5.74) is -6.39. The summed E-state index contributed by atoms with van der Waals surface area (Å²) in [6.45, 7) is 1.91. The molecular formula is C16H25F13O4Si. The summed E-state index contributed by atoms with van der Waals surface area (Å²) in [4.78, 5) is 0. The van der Waals surface area contributed by atoms with E-state index in [2.05, 4.69) is 13.3 Å². The Morgan fingerprint density at radius 3 is 1.15 bits per heavy atom. The highest BCUT2D eigenvalue weighted by Crippen LogP contribution is 2.60. The fourth-order valence-electron chi connectivity index (χ4n) is 2.24. The van der Waals surface area contributed by atoms with Gasteiger partial charge >= 0.3 is 44.2 Å². The van der Waals surface area contributed by atoms with Gasteiger partial charge in [-0.3, -0.25) is 0 Å². The Kier molecular flexibility index (Phi) is 12.9. The molecule has 0 heterocycles. The predicted molar refractivity (Wildman–Crippen MR) is 93.4 cm³/mol. The summed E-state index contributed by atoms with van der Waals surface area (Å²) in [5.74, 6) is -28.6. The van der Waals surface area contributed by atoms with Crippen LogP contribution in [0.4, 0.5) is 57.1 Å². The Morgan fingerprint density at radius 1 is 0.559 bits per heavy atom. The average molecular weight is 556 g/mol. The van der Waals surface area contributed by atoms with Gasteiger partial charge in [0.1, 0.15) is 0 Å². The van der Waals surface area contributed by atoms with Crippen LogP contribution in [-0.2, 0) is 13.3 Å². The number of hydrogen-bond acceptors (Lipinski definition) is 4. The van der Waals surface area contributed by atoms with E-state index in [-0.39, 0.29) is 6.61 Å². The summed E-state index contributed by atoms with van der Waals surface area (Å²) in [6, 6.07) is 0. The smallest absolute Gasteiger partial charge is 0.397 e. The molecule has 0 saturated heterocycles. The molecule has 0 atom stereocenters. The van der Waals surface area contributed by atoms with Crippen LogP contribution in [-0.4, -0.2) is 75.8 Å². The molecule has 0 spiro atoms. The predicted octanol–water partition coefficient (Wildman–Crippen LogP) is 6.09. The van der Waals surface area contributed by atoms with E-state index in [1.165, 1.54) is 0 Å². The molecule has 0 unspecified atom stereocenters. The largest absolute Gasteiger partial charge is 0.582 e. The number of hydrogen-bond donors (Lipinski definition) is 1. The molecule has 0 aromatic rings. The Balaban J connectivity index is 0. The van der Waals surface area contributed by atoms with Crippen molar-refractivity contribution in [3.63, 3.8) is 0 Å². The first-order chi connectivity index (χ1) is 15.1. The summed E-state index contributed by atoms with van der Waals surface area (Å²) >= 11 is 0. The molecule has 208 valence electrons. The van der Waals surface area contributed by atoms with E-state index in [0.29, 0.717) is 0 Å². The minimum absolute atomic E-state index is 0.250. The molecule has 0 bridgehead atoms. The van der Waals surface area contributed by atoms with Gasteiger partial charge in [0.15, 0.2) is 0 Å². The topological polar surface area (TPSA) is 47.9 Å². The van der Waals surface area contributed by atoms with Crippen LogP contribution >= 0.6 is 0 Å². The van der Waals surface area contributed by atoms with Gasteiger partial charge in [-0.15, -0.1) is 0 Å². The molecule has 0 saturated carbocycles. The summed E-state index contributed by atoms with van der Waals surface area (Å²) < 4.78 is 189. The molecule has 0 rings (SSSR count). The van der Waals surface area contributed by atoms with Gasteiger partial charge in [-0.2, -0.15) is 57.1 Å². The molecule has 18 heteroatoms. The van der Waals surface area contributed by atoms with Gasteiger partial charge in [0, 0.05) is 39.3 Å². The first kappa shape index (κ1) is 35.3. The molecule has 0 fully saturated rings. The zero-order valence-electron chi connectivity index (χ0n) is 18.3. The maximum Gasteiger partial charge on any atom is 0.582 e. The van der Waals surface area contributed by atoms with Gasteiger partial charge in [0.25, 0.3) is 0 Å². The highest BCUT2D eigenvalue weighted by molar-refractivity contribution is 6.63. The van der Waals surface area contributed by atoms with Crippen molar-refractivity contribution in [2.75, 3.05) is 26.4 Å². The van der Waals surface area contributed by atoms with Crippen molar-refractivity contribution in [1.29, 1.82) is 0 Å². The third-order valence-electron chi connectivity index (χ3n) is 3.75. The molecule has 0 amide bonds. The number of rotatable bonds is 13. The van der Waals surface area contributed by atoms with E-state index in [4.69, 9.17) is 5.11 Å². The average Bonchev–Trinajstić information content (AvgIpc) is 2.66. The second kappa shape index (κ2) is 12.4. The minimum atomic E-state index is -7.55. The lowest BCUT2D eigenvalue weighted by Crippen LogP contribution is -2.76. The zero-order chi connectivity index (χ0) is 27.9. The highest BCUT2D eigenvalue weighted by Gasteiger charge is 2.91. The van der Waals surface area contributed by atoms with Crippen molar-refractivity contribution in [2.45, 2.75) is 75.9 Å². The fourth-order valence-corrected chi connectivity index (χ4v) is 4.71. The molecule has 0 aliphatic carbocycles. The van der Waals surface area contributed by atoms with Crippen molar-refractivity contribution >= 4 is 8.80 Å². The van der Waals surface area contributed by atoms with Crippen molar-refractivity contribution in [3.05, 3.63) is 0 Å². The van der Waals surface area contributed by atoms with Crippen LogP contribution in [0, 0.1) is 0 Å². The van der Waals surface area contributed by atoms with Gasteiger partial charge < -0.3 is 18.4 Å². The van der Waals surface area contributed by atoms with E-state index in [9.17, 15) is 57.1 Å². The van der Waals surface area contributed by atoms with Crippen LogP contribution in [0.3, 0.4) is 0 Å². The second-order valence-corrected chi connectivity index (χ2v) is 8.90. The Bertz CT molecular complexity index is 583. The Labute approximate surface area is 187 Å². The summed E-state index contributed by atoms with van der Waals surface area (Å²) in [5, 5.41) is 7.57. The van der Waals surface area contributed by atoms with Crippen LogP contribution in [0.15, 0.2) is 0 Å². The molecule has 4 nitrogen and oxygen atoms in total. The van der Waals surface area contributed by atoms with E-state index in [0.717, 1.165) is 20.8 Å². The Hall–Kier alpha value is -0.853. The normalized spacial score (nSPS) is 14.6. The molecule has 0 aromatic carbocycles. The molecule has 0 radical (unpaired) electrons. The SMILES string of the molecule is CCO.CCO[Si](OCC)(OCC)C(F)(F)C(F)(F)C(F)(F)C(F)(F)C(F)(F)CCC(F)(F)F. The third kappa shape index (κ3) is 7.10. The number of aliphatic hydroxyl groups is 1. The summed E-state index contributed by atoms with van der Waals surface area (Å²) in [6.07, 6.45) is -11.4. The lowest BCUT2D eigenvalue weighted by molar-refractivity contribution is -0.397. The molecule has 1 N–H and O–H groups in total. The first-order valence-electron chi connectivity index (χ1n) is 9.54. The van der Waals surface area contributed by atoms with Crippen LogP contribution < -0.4 is 0 Å².